The number of ketones is 2. The predicted octanol–water partition coefficient (Wildman–Crippen LogP) is -0.257. The Hall–Kier alpha value is -5.07. The van der Waals surface area contributed by atoms with Crippen molar-refractivity contribution >= 4 is 44.9 Å². The minimum Gasteiger partial charge on any atom is -0.508 e. The maximum atomic E-state index is 13.6. The van der Waals surface area contributed by atoms with Crippen molar-refractivity contribution in [2.45, 2.75) is 22.6 Å². The molecule has 2 aromatic carbocycles. The zero-order valence-electron chi connectivity index (χ0n) is 23.9. The molecule has 0 aromatic heterocycles. The topological polar surface area (TPSA) is 294 Å². The Morgan fingerprint density at radius 3 is 2.13 bits per heavy atom. The number of aliphatic hydroxyl groups is 4. The van der Waals surface area contributed by atoms with Crippen LogP contribution in [0.5, 0.6) is 11.5 Å². The quantitative estimate of drug-likeness (QED) is 0.151. The summed E-state index contributed by atoms with van der Waals surface area (Å²) in [7, 11) is -1.73. The molecule has 0 radical (unpaired) electrons. The number of carboxylic acids is 1. The van der Waals surface area contributed by atoms with Crippen molar-refractivity contribution < 1.29 is 67.9 Å². The van der Waals surface area contributed by atoms with E-state index >= 15 is 0 Å². The summed E-state index contributed by atoms with van der Waals surface area (Å²) in [6.45, 7) is 3.91. The van der Waals surface area contributed by atoms with Crippen LogP contribution in [-0.2, 0) is 24.5 Å². The van der Waals surface area contributed by atoms with Crippen molar-refractivity contribution in [1.29, 1.82) is 0 Å². The van der Waals surface area contributed by atoms with Crippen molar-refractivity contribution in [3.8, 4) is 11.5 Å². The lowest BCUT2D eigenvalue weighted by atomic mass is 9.55. The number of hydrogen-bond donors (Lipinski definition) is 9. The molecule has 0 spiro atoms. The SMILES string of the molecule is C=C1c2cccc(O)c2C(O)=C2C(=O)[C@]3(O)C(O)=C(C(N)=O)C(=O)[C@@H](N(C)C)[C@@H]3[C@@H](O)[C@H]12.O=C(O)c1cccc(S(=O)(=O)O)c1O. The van der Waals surface area contributed by atoms with Crippen LogP contribution in [0.1, 0.15) is 21.5 Å². The lowest BCUT2D eigenvalue weighted by Crippen LogP contribution is -2.70. The van der Waals surface area contributed by atoms with Crippen LogP contribution in [0.4, 0.5) is 0 Å². The van der Waals surface area contributed by atoms with E-state index in [-0.39, 0.29) is 22.4 Å². The predicted molar refractivity (Wildman–Crippen MR) is 156 cm³/mol. The summed E-state index contributed by atoms with van der Waals surface area (Å²) in [6, 6.07) is 5.91. The maximum absolute atomic E-state index is 13.6. The van der Waals surface area contributed by atoms with Gasteiger partial charge in [-0.05, 0) is 43.4 Å². The summed E-state index contributed by atoms with van der Waals surface area (Å²) >= 11 is 0. The number of rotatable bonds is 4. The number of fused-ring (bicyclic) bond motifs is 3. The first-order valence-corrected chi connectivity index (χ1v) is 14.5. The van der Waals surface area contributed by atoms with Crippen LogP contribution < -0.4 is 5.73 Å². The lowest BCUT2D eigenvalue weighted by molar-refractivity contribution is -0.166. The molecule has 46 heavy (non-hydrogen) atoms. The van der Waals surface area contributed by atoms with Gasteiger partial charge in [0, 0.05) is 5.92 Å². The number of likely N-dealkylation sites (N-methyl/N-ethyl adjacent to an activating group) is 1. The first-order valence-electron chi connectivity index (χ1n) is 13.1. The fraction of sp³-hybridized carbons (Fsp3) is 0.241. The molecule has 17 heteroatoms. The number of aromatic hydroxyl groups is 2. The molecule has 0 heterocycles. The maximum Gasteiger partial charge on any atom is 0.339 e. The molecule has 5 rings (SSSR count). The van der Waals surface area contributed by atoms with Gasteiger partial charge in [-0.25, -0.2) is 4.79 Å². The number of phenolic OH excluding ortho intramolecular Hbond substituents is 1. The summed E-state index contributed by atoms with van der Waals surface area (Å²) in [5.74, 6) is -11.2. The highest BCUT2D eigenvalue weighted by molar-refractivity contribution is 7.86. The fourth-order valence-electron chi connectivity index (χ4n) is 6.11. The van der Waals surface area contributed by atoms with E-state index in [0.29, 0.717) is 0 Å². The number of carbonyl (C=O) groups is 4. The average molecular weight is 661 g/mol. The second-order valence-electron chi connectivity index (χ2n) is 10.9. The molecule has 1 amide bonds. The van der Waals surface area contributed by atoms with Crippen LogP contribution in [0.15, 0.2) is 64.8 Å². The standard InChI is InChI=1S/C22H22N2O8.C7H6O6S/c1-7-8-5-4-6-9(25)11(8)16(26)12-10(7)17(27)14-15(24(2)3)18(28)13(21(23)31)20(30)22(14,32)19(12)29;8-6-4(7(9)10)2-1-3-5(6)14(11,12)13/h4-6,10,14-15,17,25-27,30,32H,1H2,2-3H3,(H2,23,31);1-3,8H,(H,9,10)(H,11,12,13)/t10-,14-,15+,17+,22+;/m1./s1. The van der Waals surface area contributed by atoms with Gasteiger partial charge in [-0.15, -0.1) is 0 Å². The van der Waals surface area contributed by atoms with Gasteiger partial charge in [-0.2, -0.15) is 8.42 Å². The van der Waals surface area contributed by atoms with Gasteiger partial charge >= 0.3 is 5.97 Å². The number of amides is 1. The van der Waals surface area contributed by atoms with E-state index in [0.717, 1.165) is 18.2 Å². The molecule has 0 aliphatic heterocycles. The number of hydrogen-bond acceptors (Lipinski definition) is 13. The van der Waals surface area contributed by atoms with Gasteiger partial charge in [0.15, 0.2) is 17.1 Å². The first kappa shape index (κ1) is 33.8. The third kappa shape index (κ3) is 4.90. The molecule has 1 fully saturated rings. The number of benzene rings is 2. The number of carboxylic acid groups (broad SMARTS) is 1. The molecule has 244 valence electrons. The van der Waals surface area contributed by atoms with Crippen molar-refractivity contribution in [2.75, 3.05) is 14.1 Å². The normalized spacial score (nSPS) is 25.7. The van der Waals surface area contributed by atoms with Crippen LogP contribution in [0.25, 0.3) is 11.3 Å². The van der Waals surface area contributed by atoms with E-state index in [2.05, 4.69) is 6.58 Å². The highest BCUT2D eigenvalue weighted by Gasteiger charge is 2.68. The zero-order valence-corrected chi connectivity index (χ0v) is 24.8. The molecule has 0 unspecified atom stereocenters. The van der Waals surface area contributed by atoms with Crippen molar-refractivity contribution in [2.24, 2.45) is 17.6 Å². The number of primary amides is 1. The number of carbonyl (C=O) groups excluding carboxylic acids is 3. The number of para-hydroxylation sites is 1. The molecule has 1 saturated carbocycles. The monoisotopic (exact) mass is 660 g/mol. The number of phenols is 2. The molecule has 10 N–H and O–H groups in total. The molecular formula is C29H28N2O14S. The Morgan fingerprint density at radius 1 is 1.02 bits per heavy atom. The third-order valence-corrected chi connectivity index (χ3v) is 9.00. The van der Waals surface area contributed by atoms with Gasteiger partial charge in [-0.1, -0.05) is 24.8 Å². The van der Waals surface area contributed by atoms with Gasteiger partial charge < -0.3 is 41.5 Å². The molecule has 5 atom stereocenters. The van der Waals surface area contributed by atoms with Crippen LogP contribution >= 0.6 is 0 Å². The highest BCUT2D eigenvalue weighted by Crippen LogP contribution is 2.55. The van der Waals surface area contributed by atoms with E-state index in [1.165, 1.54) is 37.2 Å². The highest BCUT2D eigenvalue weighted by atomic mass is 32.2. The number of Topliss-reactive ketones (excluding diaryl/α,β-unsaturated/α-hetero) is 2. The molecular weight excluding hydrogens is 632 g/mol. The smallest absolute Gasteiger partial charge is 0.339 e. The van der Waals surface area contributed by atoms with Crippen molar-refractivity contribution in [3.63, 3.8) is 0 Å². The molecule has 3 aliphatic rings. The van der Waals surface area contributed by atoms with Crippen LogP contribution in [0.2, 0.25) is 0 Å². The largest absolute Gasteiger partial charge is 0.508 e. The fourth-order valence-corrected chi connectivity index (χ4v) is 6.72. The van der Waals surface area contributed by atoms with Crippen LogP contribution in [-0.4, -0.2) is 109 Å². The van der Waals surface area contributed by atoms with E-state index in [1.54, 1.807) is 0 Å². The molecule has 3 aliphatic carbocycles. The summed E-state index contributed by atoms with van der Waals surface area (Å²) < 4.78 is 29.9. The third-order valence-electron chi connectivity index (χ3n) is 8.11. The molecule has 16 nitrogen and oxygen atoms in total. The van der Waals surface area contributed by atoms with Gasteiger partial charge in [0.1, 0.15) is 33.3 Å². The Balaban J connectivity index is 0.000000288. The van der Waals surface area contributed by atoms with Crippen molar-refractivity contribution in [3.05, 3.63) is 76.6 Å². The number of nitrogens with two attached hydrogens (primary N) is 1. The van der Waals surface area contributed by atoms with Gasteiger partial charge in [0.25, 0.3) is 16.0 Å². The number of aliphatic hydroxyl groups excluding tert-OH is 3. The minimum atomic E-state index is -4.60. The summed E-state index contributed by atoms with van der Waals surface area (Å²) in [6.07, 6.45) is -1.69. The second kappa shape index (κ2) is 11.4. The van der Waals surface area contributed by atoms with Gasteiger partial charge in [-0.3, -0.25) is 23.8 Å². The lowest BCUT2D eigenvalue weighted by Gasteiger charge is -2.52. The van der Waals surface area contributed by atoms with Crippen molar-refractivity contribution in [1.82, 2.24) is 4.90 Å². The van der Waals surface area contributed by atoms with Crippen LogP contribution in [0.3, 0.4) is 0 Å². The number of nitrogens with zero attached hydrogens (tertiary/aromatic N) is 1. The summed E-state index contributed by atoms with van der Waals surface area (Å²) in [4.78, 5) is 49.5. The van der Waals surface area contributed by atoms with Crippen LogP contribution in [0, 0.1) is 11.8 Å². The van der Waals surface area contributed by atoms with E-state index in [9.17, 15) is 58.2 Å². The Kier molecular flexibility index (Phi) is 8.36. The minimum absolute atomic E-state index is 0.124. The van der Waals surface area contributed by atoms with E-state index in [1.807, 2.05) is 0 Å². The van der Waals surface area contributed by atoms with E-state index in [4.69, 9.17) is 15.4 Å². The Bertz CT molecular complexity index is 1910. The molecule has 2 aromatic rings. The zero-order chi connectivity index (χ0) is 34.8. The average Bonchev–Trinajstić information content (AvgIpc) is 2.94. The summed E-state index contributed by atoms with van der Waals surface area (Å²) in [5, 5.41) is 72.4. The summed E-state index contributed by atoms with van der Waals surface area (Å²) in [5.41, 5.74) is 0.582. The second-order valence-corrected chi connectivity index (χ2v) is 12.3. The molecule has 0 saturated heterocycles. The van der Waals surface area contributed by atoms with Gasteiger partial charge in [0.2, 0.25) is 5.78 Å². The number of aromatic carboxylic acids is 1. The Morgan fingerprint density at radius 2 is 1.61 bits per heavy atom. The van der Waals surface area contributed by atoms with Gasteiger partial charge in [0.05, 0.1) is 29.2 Å². The first-order chi connectivity index (χ1) is 21.2. The van der Waals surface area contributed by atoms with E-state index < -0.39 is 102 Å². The Labute approximate surface area is 260 Å². The molecule has 0 bridgehead atoms.